The maximum Gasteiger partial charge on any atom is 0.274 e. The first kappa shape index (κ1) is 12.3. The Kier molecular flexibility index (Phi) is 3.18. The Bertz CT molecular complexity index is 569. The van der Waals surface area contributed by atoms with Gasteiger partial charge in [-0.05, 0) is 13.0 Å². The summed E-state index contributed by atoms with van der Waals surface area (Å²) in [6.45, 7) is 2.52. The van der Waals surface area contributed by atoms with E-state index in [1.54, 1.807) is 46.8 Å². The van der Waals surface area contributed by atoms with E-state index >= 15 is 0 Å². The molecule has 0 N–H and O–H groups in total. The Hall–Kier alpha value is -2.11. The maximum absolute atomic E-state index is 12.1. The highest BCUT2D eigenvalue weighted by atomic mass is 16.2. The third-order valence-electron chi connectivity index (χ3n) is 3.02. The van der Waals surface area contributed by atoms with Crippen molar-refractivity contribution >= 4 is 5.91 Å². The van der Waals surface area contributed by atoms with Gasteiger partial charge in [-0.15, -0.1) is 0 Å². The van der Waals surface area contributed by atoms with Gasteiger partial charge in [0.1, 0.15) is 5.69 Å². The molecule has 0 aliphatic rings. The highest BCUT2D eigenvalue weighted by molar-refractivity contribution is 5.91. The standard InChI is InChI=1S/C12H17N5O/c1-9-10(7-13-17(9)4)8-15(2)12(18)11-5-6-16(3)14-11/h5-7H,8H2,1-4H3. The zero-order valence-corrected chi connectivity index (χ0v) is 11.1. The van der Waals surface area contributed by atoms with Crippen LogP contribution in [0.4, 0.5) is 0 Å². The van der Waals surface area contributed by atoms with E-state index in [2.05, 4.69) is 10.2 Å². The first-order valence-corrected chi connectivity index (χ1v) is 5.71. The van der Waals surface area contributed by atoms with E-state index in [4.69, 9.17) is 0 Å². The maximum atomic E-state index is 12.1. The Balaban J connectivity index is 2.10. The number of amides is 1. The fourth-order valence-corrected chi connectivity index (χ4v) is 1.75. The molecule has 6 nitrogen and oxygen atoms in total. The number of rotatable bonds is 3. The Labute approximate surface area is 106 Å². The second kappa shape index (κ2) is 4.64. The van der Waals surface area contributed by atoms with Gasteiger partial charge in [0.05, 0.1) is 6.20 Å². The lowest BCUT2D eigenvalue weighted by Crippen LogP contribution is -2.26. The molecule has 0 atom stereocenters. The van der Waals surface area contributed by atoms with Crippen molar-refractivity contribution in [1.29, 1.82) is 0 Å². The third-order valence-corrected chi connectivity index (χ3v) is 3.02. The molecule has 2 aromatic heterocycles. The second-order valence-corrected chi connectivity index (χ2v) is 4.41. The fraction of sp³-hybridized carbons (Fsp3) is 0.417. The smallest absolute Gasteiger partial charge is 0.274 e. The van der Waals surface area contributed by atoms with Crippen molar-refractivity contribution in [3.8, 4) is 0 Å². The summed E-state index contributed by atoms with van der Waals surface area (Å²) in [7, 11) is 5.45. The predicted octanol–water partition coefficient (Wildman–Crippen LogP) is 0.734. The Morgan fingerprint density at radius 2 is 2.17 bits per heavy atom. The summed E-state index contributed by atoms with van der Waals surface area (Å²) < 4.78 is 3.42. The van der Waals surface area contributed by atoms with Crippen molar-refractivity contribution in [2.45, 2.75) is 13.5 Å². The van der Waals surface area contributed by atoms with E-state index in [1.807, 2.05) is 14.0 Å². The number of carbonyl (C=O) groups is 1. The van der Waals surface area contributed by atoms with Crippen LogP contribution in [0.25, 0.3) is 0 Å². The molecule has 0 radical (unpaired) electrons. The average Bonchev–Trinajstić information content (AvgIpc) is 2.89. The van der Waals surface area contributed by atoms with Gasteiger partial charge in [-0.1, -0.05) is 0 Å². The molecule has 0 aliphatic heterocycles. The molecular formula is C12H17N5O. The van der Waals surface area contributed by atoms with E-state index in [0.717, 1.165) is 11.3 Å². The summed E-state index contributed by atoms with van der Waals surface area (Å²) in [4.78, 5) is 13.7. The lowest BCUT2D eigenvalue weighted by molar-refractivity contribution is 0.0778. The van der Waals surface area contributed by atoms with E-state index in [1.165, 1.54) is 0 Å². The van der Waals surface area contributed by atoms with Gasteiger partial charge in [0, 0.05) is 45.1 Å². The molecule has 0 spiro atoms. The van der Waals surface area contributed by atoms with Crippen LogP contribution in [0, 0.1) is 6.92 Å². The van der Waals surface area contributed by atoms with Crippen LogP contribution in [0.3, 0.4) is 0 Å². The van der Waals surface area contributed by atoms with Crippen LogP contribution in [-0.2, 0) is 20.6 Å². The largest absolute Gasteiger partial charge is 0.336 e. The van der Waals surface area contributed by atoms with Crippen molar-refractivity contribution in [1.82, 2.24) is 24.5 Å². The van der Waals surface area contributed by atoms with Crippen molar-refractivity contribution in [2.24, 2.45) is 14.1 Å². The number of aromatic nitrogens is 4. The van der Waals surface area contributed by atoms with Crippen LogP contribution in [-0.4, -0.2) is 37.4 Å². The summed E-state index contributed by atoms with van der Waals surface area (Å²) in [5.74, 6) is -0.0844. The fourth-order valence-electron chi connectivity index (χ4n) is 1.75. The molecule has 2 heterocycles. The minimum Gasteiger partial charge on any atom is -0.336 e. The Morgan fingerprint density at radius 1 is 1.44 bits per heavy atom. The molecule has 0 saturated heterocycles. The minimum atomic E-state index is -0.0844. The monoisotopic (exact) mass is 247 g/mol. The summed E-state index contributed by atoms with van der Waals surface area (Å²) in [6.07, 6.45) is 3.55. The average molecular weight is 247 g/mol. The van der Waals surface area contributed by atoms with Crippen LogP contribution in [0.2, 0.25) is 0 Å². The topological polar surface area (TPSA) is 56.0 Å². The van der Waals surface area contributed by atoms with Gasteiger partial charge in [-0.25, -0.2) is 0 Å². The lowest BCUT2D eigenvalue weighted by Gasteiger charge is -2.15. The molecule has 0 saturated carbocycles. The molecule has 1 amide bonds. The van der Waals surface area contributed by atoms with Crippen LogP contribution in [0.5, 0.6) is 0 Å². The summed E-state index contributed by atoms with van der Waals surface area (Å²) >= 11 is 0. The SMILES string of the molecule is Cc1c(CN(C)C(=O)c2ccn(C)n2)cnn1C. The molecule has 0 unspecified atom stereocenters. The van der Waals surface area contributed by atoms with Crippen LogP contribution < -0.4 is 0 Å². The summed E-state index contributed by atoms with van der Waals surface area (Å²) in [6, 6.07) is 1.72. The van der Waals surface area contributed by atoms with Crippen LogP contribution in [0.15, 0.2) is 18.5 Å². The zero-order valence-electron chi connectivity index (χ0n) is 11.1. The number of aryl methyl sites for hydroxylation is 2. The van der Waals surface area contributed by atoms with Crippen LogP contribution >= 0.6 is 0 Å². The van der Waals surface area contributed by atoms with Gasteiger partial charge in [0.25, 0.3) is 5.91 Å². The van der Waals surface area contributed by atoms with E-state index in [-0.39, 0.29) is 5.91 Å². The number of nitrogens with zero attached hydrogens (tertiary/aromatic N) is 5. The van der Waals surface area contributed by atoms with Gasteiger partial charge in [-0.3, -0.25) is 14.2 Å². The van der Waals surface area contributed by atoms with Crippen LogP contribution in [0.1, 0.15) is 21.7 Å². The lowest BCUT2D eigenvalue weighted by atomic mass is 10.2. The van der Waals surface area contributed by atoms with Gasteiger partial charge in [0.15, 0.2) is 0 Å². The van der Waals surface area contributed by atoms with E-state index in [0.29, 0.717) is 12.2 Å². The predicted molar refractivity (Wildman–Crippen MR) is 67.0 cm³/mol. The molecule has 2 rings (SSSR count). The second-order valence-electron chi connectivity index (χ2n) is 4.41. The van der Waals surface area contributed by atoms with Gasteiger partial charge >= 0.3 is 0 Å². The molecule has 0 aromatic carbocycles. The Morgan fingerprint density at radius 3 is 2.67 bits per heavy atom. The first-order chi connectivity index (χ1) is 8.49. The molecule has 0 bridgehead atoms. The van der Waals surface area contributed by atoms with Crippen molar-refractivity contribution in [3.63, 3.8) is 0 Å². The van der Waals surface area contributed by atoms with Crippen molar-refractivity contribution < 1.29 is 4.79 Å². The molecule has 6 heteroatoms. The third kappa shape index (κ3) is 2.27. The molecule has 2 aromatic rings. The highest BCUT2D eigenvalue weighted by Gasteiger charge is 2.16. The molecular weight excluding hydrogens is 230 g/mol. The van der Waals surface area contributed by atoms with Crippen molar-refractivity contribution in [2.75, 3.05) is 7.05 Å². The first-order valence-electron chi connectivity index (χ1n) is 5.71. The van der Waals surface area contributed by atoms with Gasteiger partial charge < -0.3 is 4.90 Å². The quantitative estimate of drug-likeness (QED) is 0.803. The zero-order chi connectivity index (χ0) is 13.3. The number of carbonyl (C=O) groups excluding carboxylic acids is 1. The minimum absolute atomic E-state index is 0.0844. The molecule has 0 aliphatic carbocycles. The van der Waals surface area contributed by atoms with E-state index in [9.17, 15) is 4.79 Å². The molecule has 96 valence electrons. The summed E-state index contributed by atoms with van der Waals surface area (Å²) in [5.41, 5.74) is 2.57. The normalized spacial score (nSPS) is 10.7. The van der Waals surface area contributed by atoms with Gasteiger partial charge in [0.2, 0.25) is 0 Å². The van der Waals surface area contributed by atoms with E-state index < -0.39 is 0 Å². The highest BCUT2D eigenvalue weighted by Crippen LogP contribution is 2.10. The number of hydrogen-bond acceptors (Lipinski definition) is 3. The number of hydrogen-bond donors (Lipinski definition) is 0. The molecule has 0 fully saturated rings. The molecule has 18 heavy (non-hydrogen) atoms. The van der Waals surface area contributed by atoms with Gasteiger partial charge in [-0.2, -0.15) is 10.2 Å². The van der Waals surface area contributed by atoms with Crippen molar-refractivity contribution in [3.05, 3.63) is 35.4 Å². The summed E-state index contributed by atoms with van der Waals surface area (Å²) in [5, 5.41) is 8.27.